The normalized spacial score (nSPS) is 17.2. The van der Waals surface area contributed by atoms with Crippen molar-refractivity contribution in [2.24, 2.45) is 4.99 Å². The molecule has 2 aromatic heterocycles. The first-order chi connectivity index (χ1) is 16.8. The van der Waals surface area contributed by atoms with Crippen molar-refractivity contribution >= 4 is 46.7 Å². The molecule has 35 heavy (non-hydrogen) atoms. The molecular formula is C27H32ClN5OS. The zero-order valence-corrected chi connectivity index (χ0v) is 22.5. The number of nitrogens with zero attached hydrogens (tertiary/aromatic N) is 5. The third-order valence-corrected chi connectivity index (χ3v) is 7.58. The van der Waals surface area contributed by atoms with Gasteiger partial charge in [0, 0.05) is 32.7 Å². The highest BCUT2D eigenvalue weighted by Crippen LogP contribution is 2.38. The van der Waals surface area contributed by atoms with Crippen molar-refractivity contribution in [3.8, 4) is 10.6 Å². The molecule has 1 unspecified atom stereocenters. The number of rotatable bonds is 6. The second kappa shape index (κ2) is 10.9. The molecule has 3 aromatic rings. The predicted molar refractivity (Wildman–Crippen MR) is 147 cm³/mol. The van der Waals surface area contributed by atoms with E-state index in [1.165, 1.54) is 0 Å². The number of amides is 1. The fraction of sp³-hybridized carbons (Fsp3) is 0.370. The predicted octanol–water partition coefficient (Wildman–Crippen LogP) is 5.89. The van der Waals surface area contributed by atoms with Crippen molar-refractivity contribution in [3.05, 3.63) is 64.0 Å². The van der Waals surface area contributed by atoms with E-state index in [1.807, 2.05) is 41.8 Å². The van der Waals surface area contributed by atoms with E-state index in [0.717, 1.165) is 53.6 Å². The van der Waals surface area contributed by atoms with Crippen LogP contribution >= 0.6 is 22.9 Å². The number of pyridine rings is 1. The number of anilines is 2. The molecule has 0 spiro atoms. The Labute approximate surface area is 216 Å². The molecule has 1 atom stereocenters. The molecule has 0 saturated carbocycles. The molecule has 1 amide bonds. The van der Waals surface area contributed by atoms with Crippen LogP contribution in [0.1, 0.15) is 37.8 Å². The number of hydrogen-bond donors (Lipinski definition) is 0. The number of likely N-dealkylation sites (N-methyl/N-ethyl adjacent to an activating group) is 1. The molecule has 1 aliphatic rings. The molecule has 8 heteroatoms. The van der Waals surface area contributed by atoms with Crippen LogP contribution in [0.3, 0.4) is 0 Å². The lowest BCUT2D eigenvalue weighted by Crippen LogP contribution is -2.53. The minimum atomic E-state index is 0.234. The first-order valence-corrected chi connectivity index (χ1v) is 13.1. The van der Waals surface area contributed by atoms with E-state index in [2.05, 4.69) is 43.7 Å². The smallest absolute Gasteiger partial charge is 0.219 e. The Balaban J connectivity index is 1.93. The van der Waals surface area contributed by atoms with Gasteiger partial charge in [-0.3, -0.25) is 14.7 Å². The number of piperazine rings is 1. The van der Waals surface area contributed by atoms with Crippen LogP contribution < -0.4 is 4.90 Å². The summed E-state index contributed by atoms with van der Waals surface area (Å²) in [5.41, 5.74) is 3.30. The molecule has 0 radical (unpaired) electrons. The average Bonchev–Trinajstić information content (AvgIpc) is 3.37. The number of para-hydroxylation sites is 1. The maximum atomic E-state index is 12.7. The van der Waals surface area contributed by atoms with Gasteiger partial charge in [0.15, 0.2) is 5.82 Å². The van der Waals surface area contributed by atoms with Crippen molar-refractivity contribution in [3.63, 3.8) is 0 Å². The fourth-order valence-corrected chi connectivity index (χ4v) is 5.72. The van der Waals surface area contributed by atoms with Crippen molar-refractivity contribution < 1.29 is 4.79 Å². The monoisotopic (exact) mass is 509 g/mol. The highest BCUT2D eigenvalue weighted by atomic mass is 35.5. The van der Waals surface area contributed by atoms with Crippen LogP contribution in [0.15, 0.2) is 52.8 Å². The second-order valence-electron chi connectivity index (χ2n) is 9.21. The summed E-state index contributed by atoms with van der Waals surface area (Å²) in [5, 5.41) is 2.54. The number of benzene rings is 1. The van der Waals surface area contributed by atoms with Gasteiger partial charge < -0.3 is 9.80 Å². The van der Waals surface area contributed by atoms with Crippen LogP contribution in [-0.4, -0.2) is 66.8 Å². The molecule has 1 fully saturated rings. The summed E-state index contributed by atoms with van der Waals surface area (Å²) in [6.45, 7) is 9.13. The van der Waals surface area contributed by atoms with Crippen LogP contribution in [0.5, 0.6) is 0 Å². The molecule has 0 aliphatic carbocycles. The maximum absolute atomic E-state index is 12.7. The van der Waals surface area contributed by atoms with Crippen LogP contribution in [0, 0.1) is 0 Å². The number of carbonyl (C=O) groups is 1. The zero-order valence-electron chi connectivity index (χ0n) is 20.9. The van der Waals surface area contributed by atoms with Gasteiger partial charge in [-0.2, -0.15) is 0 Å². The van der Waals surface area contributed by atoms with Gasteiger partial charge in [-0.15, -0.1) is 11.3 Å². The van der Waals surface area contributed by atoms with E-state index in [1.54, 1.807) is 23.3 Å². The minimum Gasteiger partial charge on any atom is -0.351 e. The highest BCUT2D eigenvalue weighted by Gasteiger charge is 2.30. The first-order valence-electron chi connectivity index (χ1n) is 11.9. The number of aromatic nitrogens is 1. The Morgan fingerprint density at radius 2 is 2.03 bits per heavy atom. The molecule has 1 aromatic carbocycles. The molecule has 4 rings (SSSR count). The number of aliphatic imine (C=N–C) groups is 1. The van der Waals surface area contributed by atoms with Crippen LogP contribution in [0.4, 0.5) is 11.5 Å². The molecule has 6 nitrogen and oxygen atoms in total. The SMILES string of the molecule is C/N=C(\c1cc(Cl)c(-c2cccs2)nc1N(C=O)c1ccccc1C(C)C)N1CCN(C)CC1C. The molecule has 3 heterocycles. The van der Waals surface area contributed by atoms with Crippen molar-refractivity contribution in [1.29, 1.82) is 0 Å². The van der Waals surface area contributed by atoms with Gasteiger partial charge in [-0.05, 0) is 49.0 Å². The summed E-state index contributed by atoms with van der Waals surface area (Å²) in [5.74, 6) is 1.56. The van der Waals surface area contributed by atoms with E-state index < -0.39 is 0 Å². The summed E-state index contributed by atoms with van der Waals surface area (Å²) in [7, 11) is 3.92. The van der Waals surface area contributed by atoms with E-state index in [4.69, 9.17) is 21.6 Å². The fourth-order valence-electron chi connectivity index (χ4n) is 4.69. The highest BCUT2D eigenvalue weighted by molar-refractivity contribution is 7.13. The lowest BCUT2D eigenvalue weighted by atomic mass is 10.00. The Morgan fingerprint density at radius 1 is 1.26 bits per heavy atom. The third-order valence-electron chi connectivity index (χ3n) is 6.42. The van der Waals surface area contributed by atoms with Gasteiger partial charge in [0.1, 0.15) is 11.5 Å². The quantitative estimate of drug-likeness (QED) is 0.236. The zero-order chi connectivity index (χ0) is 25.1. The largest absolute Gasteiger partial charge is 0.351 e. The van der Waals surface area contributed by atoms with Gasteiger partial charge in [0.2, 0.25) is 6.41 Å². The summed E-state index contributed by atoms with van der Waals surface area (Å²) < 4.78 is 0. The standard InChI is InChI=1S/C27H32ClN5OS/c1-18(2)20-9-6-7-10-23(20)33(17-34)27-21(15-22(28)25(30-27)24-11-8-14-35-24)26(29-4)32-13-12-31(5)16-19(32)3/h6-11,14-15,17-19H,12-13,16H2,1-5H3/b29-26+. The van der Waals surface area contributed by atoms with Gasteiger partial charge in [0.25, 0.3) is 0 Å². The van der Waals surface area contributed by atoms with Crippen LogP contribution in [0.2, 0.25) is 5.02 Å². The van der Waals surface area contributed by atoms with Crippen molar-refractivity contribution in [1.82, 2.24) is 14.8 Å². The van der Waals surface area contributed by atoms with E-state index in [-0.39, 0.29) is 12.0 Å². The summed E-state index contributed by atoms with van der Waals surface area (Å²) in [6.07, 6.45) is 0.847. The molecule has 1 saturated heterocycles. The van der Waals surface area contributed by atoms with Crippen LogP contribution in [-0.2, 0) is 4.79 Å². The average molecular weight is 510 g/mol. The number of halogens is 1. The Hall–Kier alpha value is -2.74. The number of carbonyl (C=O) groups excluding carboxylic acids is 1. The van der Waals surface area contributed by atoms with Gasteiger partial charge in [0.05, 0.1) is 21.2 Å². The van der Waals surface area contributed by atoms with Crippen molar-refractivity contribution in [2.75, 3.05) is 38.6 Å². The maximum Gasteiger partial charge on any atom is 0.219 e. The number of hydrogen-bond acceptors (Lipinski definition) is 5. The lowest BCUT2D eigenvalue weighted by molar-refractivity contribution is -0.106. The Bertz CT molecular complexity index is 1210. The molecule has 0 bridgehead atoms. The third kappa shape index (κ3) is 5.13. The first kappa shape index (κ1) is 25.4. The van der Waals surface area contributed by atoms with Crippen molar-refractivity contribution in [2.45, 2.75) is 32.7 Å². The number of thiophene rings is 1. The van der Waals surface area contributed by atoms with Crippen LogP contribution in [0.25, 0.3) is 10.6 Å². The molecular weight excluding hydrogens is 478 g/mol. The van der Waals surface area contributed by atoms with E-state index >= 15 is 0 Å². The topological polar surface area (TPSA) is 52.0 Å². The van der Waals surface area contributed by atoms with E-state index in [9.17, 15) is 4.79 Å². The molecule has 1 aliphatic heterocycles. The Morgan fingerprint density at radius 3 is 2.66 bits per heavy atom. The van der Waals surface area contributed by atoms with Gasteiger partial charge >= 0.3 is 0 Å². The van der Waals surface area contributed by atoms with E-state index in [0.29, 0.717) is 16.5 Å². The molecule has 0 N–H and O–H groups in total. The number of amidine groups is 1. The van der Waals surface area contributed by atoms with Gasteiger partial charge in [-0.25, -0.2) is 4.98 Å². The summed E-state index contributed by atoms with van der Waals surface area (Å²) >= 11 is 8.39. The molecule has 184 valence electrons. The lowest BCUT2D eigenvalue weighted by Gasteiger charge is -2.40. The second-order valence-corrected chi connectivity index (χ2v) is 10.6. The Kier molecular flexibility index (Phi) is 7.89. The summed E-state index contributed by atoms with van der Waals surface area (Å²) in [4.78, 5) is 29.6. The minimum absolute atomic E-state index is 0.234. The summed E-state index contributed by atoms with van der Waals surface area (Å²) in [6, 6.07) is 14.1. The van der Waals surface area contributed by atoms with Gasteiger partial charge in [-0.1, -0.05) is 49.7 Å².